The molecule has 0 bridgehead atoms. The molecule has 0 aliphatic rings. The highest BCUT2D eigenvalue weighted by Gasteiger charge is 1.99. The molecule has 2 aromatic rings. The maximum absolute atomic E-state index is 11.0. The molecule has 0 unspecified atom stereocenters. The fourth-order valence-corrected chi connectivity index (χ4v) is 1.69. The molecule has 130 valence electrons. The third kappa shape index (κ3) is 7.35. The van der Waals surface area contributed by atoms with E-state index in [0.29, 0.717) is 11.3 Å². The molecule has 0 heterocycles. The minimum Gasteiger partial charge on any atom is -0.306 e. The molecular weight excluding hydrogens is 316 g/mol. The van der Waals surface area contributed by atoms with Gasteiger partial charge in [-0.25, -0.2) is 4.99 Å². The van der Waals surface area contributed by atoms with Crippen molar-refractivity contribution in [2.45, 2.75) is 20.8 Å². The third-order valence-electron chi connectivity index (χ3n) is 3.33. The predicted molar refractivity (Wildman–Crippen MR) is 99.5 cm³/mol. The Labute approximate surface area is 148 Å². The van der Waals surface area contributed by atoms with Crippen LogP contribution in [0.4, 0.5) is 5.69 Å². The standard InChI is InChI=1S/C12H14N2O2.C8H8O/c1-9(15)11-4-6-12(7-5-11)13-8-14(3)10(2)16;1-7(9)8-5-3-2-4-6-8/h4-8H,1-3H3;2-6H,1H3. The summed E-state index contributed by atoms with van der Waals surface area (Å²) in [4.78, 5) is 38.0. The van der Waals surface area contributed by atoms with Gasteiger partial charge in [-0.3, -0.25) is 14.4 Å². The van der Waals surface area contributed by atoms with Crippen molar-refractivity contribution in [1.82, 2.24) is 4.90 Å². The van der Waals surface area contributed by atoms with Crippen LogP contribution in [-0.2, 0) is 4.79 Å². The summed E-state index contributed by atoms with van der Waals surface area (Å²) in [7, 11) is 1.63. The zero-order chi connectivity index (χ0) is 18.8. The van der Waals surface area contributed by atoms with Crippen molar-refractivity contribution < 1.29 is 14.4 Å². The van der Waals surface area contributed by atoms with Crippen LogP contribution in [0.1, 0.15) is 41.5 Å². The first-order valence-electron chi connectivity index (χ1n) is 7.76. The average molecular weight is 338 g/mol. The monoisotopic (exact) mass is 338 g/mol. The van der Waals surface area contributed by atoms with E-state index >= 15 is 0 Å². The fraction of sp³-hybridized carbons (Fsp3) is 0.200. The maximum atomic E-state index is 11.0. The lowest BCUT2D eigenvalue weighted by atomic mass is 10.1. The molecule has 25 heavy (non-hydrogen) atoms. The number of carbonyl (C=O) groups excluding carboxylic acids is 3. The van der Waals surface area contributed by atoms with Crippen LogP contribution in [0.25, 0.3) is 0 Å². The van der Waals surface area contributed by atoms with Crippen molar-refractivity contribution >= 4 is 29.5 Å². The maximum Gasteiger partial charge on any atom is 0.224 e. The van der Waals surface area contributed by atoms with Crippen molar-refractivity contribution in [3.63, 3.8) is 0 Å². The van der Waals surface area contributed by atoms with Crippen molar-refractivity contribution in [3.8, 4) is 0 Å². The first-order valence-corrected chi connectivity index (χ1v) is 7.76. The first kappa shape index (κ1) is 20.0. The fourth-order valence-electron chi connectivity index (χ4n) is 1.69. The number of amides is 1. The van der Waals surface area contributed by atoms with Crippen LogP contribution in [0.5, 0.6) is 0 Å². The summed E-state index contributed by atoms with van der Waals surface area (Å²) in [6.45, 7) is 4.54. The molecule has 0 atom stereocenters. The summed E-state index contributed by atoms with van der Waals surface area (Å²) in [5, 5.41) is 0. The number of nitrogens with zero attached hydrogens (tertiary/aromatic N) is 2. The average Bonchev–Trinajstić information content (AvgIpc) is 2.61. The zero-order valence-electron chi connectivity index (χ0n) is 14.9. The Bertz CT molecular complexity index is 750. The Kier molecular flexibility index (Phi) is 7.93. The molecule has 0 saturated heterocycles. The van der Waals surface area contributed by atoms with Gasteiger partial charge in [0.05, 0.1) is 12.0 Å². The Balaban J connectivity index is 0.000000293. The molecule has 5 heteroatoms. The Morgan fingerprint density at radius 1 is 0.800 bits per heavy atom. The second-order valence-electron chi connectivity index (χ2n) is 5.40. The van der Waals surface area contributed by atoms with Crippen LogP contribution >= 0.6 is 0 Å². The van der Waals surface area contributed by atoms with Gasteiger partial charge in [0, 0.05) is 25.1 Å². The van der Waals surface area contributed by atoms with Gasteiger partial charge in [-0.2, -0.15) is 0 Å². The highest BCUT2D eigenvalue weighted by atomic mass is 16.2. The summed E-state index contributed by atoms with van der Waals surface area (Å²) >= 11 is 0. The number of ketones is 2. The predicted octanol–water partition coefficient (Wildman–Crippen LogP) is 3.92. The van der Waals surface area contributed by atoms with Gasteiger partial charge in [-0.1, -0.05) is 30.3 Å². The van der Waals surface area contributed by atoms with Crippen molar-refractivity contribution in [3.05, 3.63) is 65.7 Å². The molecular formula is C20H22N2O3. The number of rotatable bonds is 4. The highest BCUT2D eigenvalue weighted by Crippen LogP contribution is 2.12. The lowest BCUT2D eigenvalue weighted by Gasteiger charge is -2.06. The molecule has 1 amide bonds. The van der Waals surface area contributed by atoms with Gasteiger partial charge in [0.2, 0.25) is 5.91 Å². The number of benzene rings is 2. The quantitative estimate of drug-likeness (QED) is 0.482. The number of hydrogen-bond acceptors (Lipinski definition) is 4. The topological polar surface area (TPSA) is 66.8 Å². The van der Waals surface area contributed by atoms with Gasteiger partial charge >= 0.3 is 0 Å². The van der Waals surface area contributed by atoms with E-state index in [1.54, 1.807) is 38.2 Å². The van der Waals surface area contributed by atoms with Gasteiger partial charge in [0.1, 0.15) is 0 Å². The van der Waals surface area contributed by atoms with E-state index in [1.807, 2.05) is 30.3 Å². The number of carbonyl (C=O) groups is 3. The van der Waals surface area contributed by atoms with E-state index in [0.717, 1.165) is 5.56 Å². The molecule has 5 nitrogen and oxygen atoms in total. The molecule has 0 fully saturated rings. The highest BCUT2D eigenvalue weighted by molar-refractivity contribution is 5.94. The van der Waals surface area contributed by atoms with Gasteiger partial charge < -0.3 is 4.90 Å². The Morgan fingerprint density at radius 3 is 1.68 bits per heavy atom. The molecule has 0 aliphatic heterocycles. The second kappa shape index (κ2) is 9.93. The summed E-state index contributed by atoms with van der Waals surface area (Å²) in [6.07, 6.45) is 1.45. The minimum absolute atomic E-state index is 0.0244. The van der Waals surface area contributed by atoms with E-state index in [-0.39, 0.29) is 17.5 Å². The second-order valence-corrected chi connectivity index (χ2v) is 5.40. The smallest absolute Gasteiger partial charge is 0.224 e. The summed E-state index contributed by atoms with van der Waals surface area (Å²) in [6, 6.07) is 16.1. The summed E-state index contributed by atoms with van der Waals surface area (Å²) in [5.41, 5.74) is 2.13. The largest absolute Gasteiger partial charge is 0.306 e. The SMILES string of the molecule is CC(=O)c1ccc(N=CN(C)C(C)=O)cc1.CC(=O)c1ccccc1. The third-order valence-corrected chi connectivity index (χ3v) is 3.33. The summed E-state index contributed by atoms with van der Waals surface area (Å²) < 4.78 is 0. The molecule has 0 aliphatic carbocycles. The first-order chi connectivity index (χ1) is 11.8. The summed E-state index contributed by atoms with van der Waals surface area (Å²) in [5.74, 6) is 0.0658. The normalized spacial score (nSPS) is 9.92. The van der Waals surface area contributed by atoms with Crippen LogP contribution in [0, 0.1) is 0 Å². The van der Waals surface area contributed by atoms with Crippen LogP contribution < -0.4 is 0 Å². The van der Waals surface area contributed by atoms with Crippen LogP contribution in [0.15, 0.2) is 59.6 Å². The zero-order valence-corrected chi connectivity index (χ0v) is 14.9. The van der Waals surface area contributed by atoms with Crippen molar-refractivity contribution in [2.24, 2.45) is 4.99 Å². The van der Waals surface area contributed by atoms with E-state index in [2.05, 4.69) is 4.99 Å². The van der Waals surface area contributed by atoms with Crippen molar-refractivity contribution in [1.29, 1.82) is 0 Å². The van der Waals surface area contributed by atoms with Gasteiger partial charge in [-0.05, 0) is 38.1 Å². The number of aliphatic imine (C=N–C) groups is 1. The molecule has 0 saturated carbocycles. The van der Waals surface area contributed by atoms with Gasteiger partial charge in [0.15, 0.2) is 11.6 Å². The molecule has 2 rings (SSSR count). The van der Waals surface area contributed by atoms with E-state index < -0.39 is 0 Å². The van der Waals surface area contributed by atoms with E-state index in [1.165, 1.54) is 25.1 Å². The van der Waals surface area contributed by atoms with Gasteiger partial charge in [-0.15, -0.1) is 0 Å². The lowest BCUT2D eigenvalue weighted by molar-refractivity contribution is -0.123. The number of Topliss-reactive ketones (excluding diaryl/α,β-unsaturated/α-hetero) is 2. The van der Waals surface area contributed by atoms with Gasteiger partial charge in [0.25, 0.3) is 0 Å². The van der Waals surface area contributed by atoms with Crippen LogP contribution in [0.2, 0.25) is 0 Å². The Hall–Kier alpha value is -3.08. The molecule has 0 spiro atoms. The molecule has 2 aromatic carbocycles. The minimum atomic E-state index is -0.0795. The van der Waals surface area contributed by atoms with Crippen LogP contribution in [-0.4, -0.2) is 35.8 Å². The molecule has 0 N–H and O–H groups in total. The van der Waals surface area contributed by atoms with Crippen LogP contribution in [0.3, 0.4) is 0 Å². The number of hydrogen-bond donors (Lipinski definition) is 0. The van der Waals surface area contributed by atoms with E-state index in [4.69, 9.17) is 0 Å². The van der Waals surface area contributed by atoms with E-state index in [9.17, 15) is 14.4 Å². The molecule has 0 aromatic heterocycles. The van der Waals surface area contributed by atoms with Crippen molar-refractivity contribution in [2.75, 3.05) is 7.05 Å². The lowest BCUT2D eigenvalue weighted by Crippen LogP contribution is -2.21. The Morgan fingerprint density at radius 2 is 1.28 bits per heavy atom. The molecule has 0 radical (unpaired) electrons.